The first kappa shape index (κ1) is 16.4. The third-order valence-corrected chi connectivity index (χ3v) is 2.98. The Kier molecular flexibility index (Phi) is 5.57. The Labute approximate surface area is 133 Å². The molecule has 1 heterocycles. The molecule has 1 aromatic heterocycles. The summed E-state index contributed by atoms with van der Waals surface area (Å²) in [5, 5.41) is 0. The van der Waals surface area contributed by atoms with Crippen molar-refractivity contribution in [2.75, 3.05) is 20.8 Å². The number of benzene rings is 1. The summed E-state index contributed by atoms with van der Waals surface area (Å²) in [5.41, 5.74) is 0.366. The highest BCUT2D eigenvalue weighted by Gasteiger charge is 2.12. The zero-order chi connectivity index (χ0) is 16.7. The molecule has 0 aliphatic carbocycles. The van der Waals surface area contributed by atoms with Crippen molar-refractivity contribution in [3.05, 3.63) is 54.0 Å². The number of ether oxygens (including phenoxy) is 3. The minimum atomic E-state index is -0.629. The predicted octanol–water partition coefficient (Wildman–Crippen LogP) is 2.74. The van der Waals surface area contributed by atoms with Gasteiger partial charge in [-0.05, 0) is 36.4 Å². The fourth-order valence-electron chi connectivity index (χ4n) is 1.81. The molecule has 120 valence electrons. The fourth-order valence-corrected chi connectivity index (χ4v) is 1.81. The molecule has 6 nitrogen and oxygen atoms in total. The van der Waals surface area contributed by atoms with E-state index in [1.54, 1.807) is 24.3 Å². The Balaban J connectivity index is 1.93. The third-order valence-electron chi connectivity index (χ3n) is 2.98. The number of carbonyl (C=O) groups excluding carboxylic acids is 2. The minimum absolute atomic E-state index is 0.342. The molecule has 0 bridgehead atoms. The molecule has 0 fully saturated rings. The number of furan rings is 1. The summed E-state index contributed by atoms with van der Waals surface area (Å²) < 4.78 is 20.2. The summed E-state index contributed by atoms with van der Waals surface area (Å²) in [4.78, 5) is 23.6. The van der Waals surface area contributed by atoms with E-state index in [4.69, 9.17) is 18.6 Å². The smallest absolute Gasteiger partial charge is 0.331 e. The SMILES string of the molecule is COc1ccc(C(=O)COC(=O)/C=C/c2ccco2)cc1OC. The zero-order valence-electron chi connectivity index (χ0n) is 12.8. The second-order valence-corrected chi connectivity index (χ2v) is 4.45. The van der Waals surface area contributed by atoms with E-state index >= 15 is 0 Å². The van der Waals surface area contributed by atoms with Gasteiger partial charge in [-0.25, -0.2) is 4.79 Å². The maximum Gasteiger partial charge on any atom is 0.331 e. The van der Waals surface area contributed by atoms with Crippen molar-refractivity contribution in [3.8, 4) is 11.5 Å². The molecule has 0 saturated carbocycles. The first-order chi connectivity index (χ1) is 11.1. The van der Waals surface area contributed by atoms with Gasteiger partial charge in [0.25, 0.3) is 0 Å². The van der Waals surface area contributed by atoms with E-state index in [1.165, 1.54) is 38.7 Å². The maximum absolute atomic E-state index is 12.0. The summed E-state index contributed by atoms with van der Waals surface area (Å²) in [6, 6.07) is 8.12. The van der Waals surface area contributed by atoms with Crippen LogP contribution in [0, 0.1) is 0 Å². The van der Waals surface area contributed by atoms with Crippen molar-refractivity contribution in [2.24, 2.45) is 0 Å². The number of hydrogen-bond acceptors (Lipinski definition) is 6. The lowest BCUT2D eigenvalue weighted by atomic mass is 10.1. The number of hydrogen-bond donors (Lipinski definition) is 0. The highest BCUT2D eigenvalue weighted by molar-refractivity contribution is 5.99. The van der Waals surface area contributed by atoms with E-state index in [0.717, 1.165) is 0 Å². The Bertz CT molecular complexity index is 700. The maximum atomic E-state index is 12.0. The van der Waals surface area contributed by atoms with Crippen LogP contribution in [0.15, 0.2) is 47.1 Å². The van der Waals surface area contributed by atoms with E-state index in [1.807, 2.05) is 0 Å². The van der Waals surface area contributed by atoms with Crippen molar-refractivity contribution >= 4 is 17.8 Å². The second kappa shape index (κ2) is 7.84. The lowest BCUT2D eigenvalue weighted by Crippen LogP contribution is -2.12. The number of rotatable bonds is 7. The van der Waals surface area contributed by atoms with Crippen LogP contribution in [-0.2, 0) is 9.53 Å². The van der Waals surface area contributed by atoms with Gasteiger partial charge in [0.15, 0.2) is 23.9 Å². The third kappa shape index (κ3) is 4.47. The molecule has 0 aliphatic rings. The first-order valence-electron chi connectivity index (χ1n) is 6.77. The largest absolute Gasteiger partial charge is 0.493 e. The molecule has 2 aromatic rings. The van der Waals surface area contributed by atoms with E-state index < -0.39 is 5.97 Å². The van der Waals surface area contributed by atoms with Gasteiger partial charge in [0.2, 0.25) is 0 Å². The van der Waals surface area contributed by atoms with E-state index in [-0.39, 0.29) is 12.4 Å². The molecular weight excluding hydrogens is 300 g/mol. The molecule has 1 aromatic carbocycles. The van der Waals surface area contributed by atoms with Gasteiger partial charge in [0.1, 0.15) is 5.76 Å². The molecule has 0 N–H and O–H groups in total. The van der Waals surface area contributed by atoms with E-state index in [9.17, 15) is 9.59 Å². The molecule has 0 spiro atoms. The number of methoxy groups -OCH3 is 2. The number of Topliss-reactive ketones (excluding diaryl/α,β-unsaturated/α-hetero) is 1. The van der Waals surface area contributed by atoms with Crippen LogP contribution in [0.3, 0.4) is 0 Å². The summed E-state index contributed by atoms with van der Waals surface area (Å²) in [5.74, 6) is 0.499. The first-order valence-corrected chi connectivity index (χ1v) is 6.77. The molecule has 0 atom stereocenters. The zero-order valence-corrected chi connectivity index (χ0v) is 12.8. The van der Waals surface area contributed by atoms with Crippen LogP contribution in [0.4, 0.5) is 0 Å². The van der Waals surface area contributed by atoms with Crippen molar-refractivity contribution < 1.29 is 28.2 Å². The van der Waals surface area contributed by atoms with Gasteiger partial charge in [0.05, 0.1) is 20.5 Å². The Morgan fingerprint density at radius 3 is 2.57 bits per heavy atom. The molecule has 2 rings (SSSR count). The molecule has 0 amide bonds. The minimum Gasteiger partial charge on any atom is -0.493 e. The monoisotopic (exact) mass is 316 g/mol. The van der Waals surface area contributed by atoms with Gasteiger partial charge in [-0.1, -0.05) is 0 Å². The standard InChI is InChI=1S/C17H16O6/c1-20-15-7-5-12(10-16(15)21-2)14(18)11-23-17(19)8-6-13-4-3-9-22-13/h3-10H,11H2,1-2H3/b8-6+. The van der Waals surface area contributed by atoms with Crippen LogP contribution in [0.25, 0.3) is 6.08 Å². The highest BCUT2D eigenvalue weighted by Crippen LogP contribution is 2.27. The Hall–Kier alpha value is -3.02. The molecular formula is C17H16O6. The van der Waals surface area contributed by atoms with Crippen LogP contribution < -0.4 is 9.47 Å². The van der Waals surface area contributed by atoms with Crippen LogP contribution in [0.5, 0.6) is 11.5 Å². The van der Waals surface area contributed by atoms with Gasteiger partial charge in [0, 0.05) is 11.6 Å². The van der Waals surface area contributed by atoms with E-state index in [2.05, 4.69) is 0 Å². The van der Waals surface area contributed by atoms with Crippen molar-refractivity contribution in [1.82, 2.24) is 0 Å². The molecule has 0 unspecified atom stereocenters. The normalized spacial score (nSPS) is 10.5. The summed E-state index contributed by atoms with van der Waals surface area (Å²) >= 11 is 0. The summed E-state index contributed by atoms with van der Waals surface area (Å²) in [6.45, 7) is -0.364. The van der Waals surface area contributed by atoms with E-state index in [0.29, 0.717) is 22.8 Å². The second-order valence-electron chi connectivity index (χ2n) is 4.45. The van der Waals surface area contributed by atoms with Crippen molar-refractivity contribution in [3.63, 3.8) is 0 Å². The van der Waals surface area contributed by atoms with Crippen LogP contribution in [0.1, 0.15) is 16.1 Å². The van der Waals surface area contributed by atoms with Gasteiger partial charge in [-0.2, -0.15) is 0 Å². The molecule has 0 radical (unpaired) electrons. The summed E-state index contributed by atoms with van der Waals surface area (Å²) in [7, 11) is 2.98. The lowest BCUT2D eigenvalue weighted by molar-refractivity contribution is -0.136. The average molecular weight is 316 g/mol. The summed E-state index contributed by atoms with van der Waals surface area (Å²) in [6.07, 6.45) is 4.15. The van der Waals surface area contributed by atoms with Crippen LogP contribution in [0.2, 0.25) is 0 Å². The lowest BCUT2D eigenvalue weighted by Gasteiger charge is -2.09. The van der Waals surface area contributed by atoms with Gasteiger partial charge >= 0.3 is 5.97 Å². The van der Waals surface area contributed by atoms with Crippen molar-refractivity contribution in [1.29, 1.82) is 0 Å². The molecule has 23 heavy (non-hydrogen) atoms. The molecule has 6 heteroatoms. The molecule has 0 aliphatic heterocycles. The van der Waals surface area contributed by atoms with Gasteiger partial charge in [-0.3, -0.25) is 4.79 Å². The predicted molar refractivity (Wildman–Crippen MR) is 82.6 cm³/mol. The topological polar surface area (TPSA) is 75.0 Å². The average Bonchev–Trinajstić information content (AvgIpc) is 3.10. The van der Waals surface area contributed by atoms with Gasteiger partial charge in [-0.15, -0.1) is 0 Å². The van der Waals surface area contributed by atoms with Crippen LogP contribution in [-0.4, -0.2) is 32.6 Å². The number of esters is 1. The fraction of sp³-hybridized carbons (Fsp3) is 0.176. The number of ketones is 1. The Morgan fingerprint density at radius 1 is 1.13 bits per heavy atom. The van der Waals surface area contributed by atoms with Crippen molar-refractivity contribution in [2.45, 2.75) is 0 Å². The Morgan fingerprint density at radius 2 is 1.91 bits per heavy atom. The van der Waals surface area contributed by atoms with Gasteiger partial charge < -0.3 is 18.6 Å². The number of carbonyl (C=O) groups is 2. The molecule has 0 saturated heterocycles. The quantitative estimate of drug-likeness (QED) is 0.444. The van der Waals surface area contributed by atoms with Crippen LogP contribution >= 0.6 is 0 Å². The highest BCUT2D eigenvalue weighted by atomic mass is 16.5.